The monoisotopic (exact) mass is 262 g/mol. The molecule has 3 rings (SSSR count). The molecule has 1 N–H and O–H groups in total. The summed E-state index contributed by atoms with van der Waals surface area (Å²) < 4.78 is 5.23. The maximum Gasteiger partial charge on any atom is 0.218 e. The lowest BCUT2D eigenvalue weighted by Crippen LogP contribution is -2.62. The maximum atomic E-state index is 5.23. The Morgan fingerprint density at radius 2 is 2.11 bits per heavy atom. The molecule has 2 heterocycles. The van der Waals surface area contributed by atoms with Crippen LogP contribution in [0.3, 0.4) is 0 Å². The van der Waals surface area contributed by atoms with Gasteiger partial charge in [0.05, 0.1) is 12.6 Å². The summed E-state index contributed by atoms with van der Waals surface area (Å²) in [5.74, 6) is 1.66. The Morgan fingerprint density at radius 1 is 1.26 bits per heavy atom. The zero-order chi connectivity index (χ0) is 13.1. The van der Waals surface area contributed by atoms with Gasteiger partial charge in [-0.05, 0) is 12.8 Å². The molecule has 104 valence electrons. The van der Waals surface area contributed by atoms with Crippen molar-refractivity contribution in [1.82, 2.24) is 15.3 Å². The molecule has 2 aliphatic rings. The zero-order valence-corrected chi connectivity index (χ0v) is 11.6. The molecule has 1 spiro atoms. The Morgan fingerprint density at radius 3 is 2.89 bits per heavy atom. The molecule has 0 amide bonds. The number of ether oxygens (including phenoxy) is 1. The molecule has 19 heavy (non-hydrogen) atoms. The van der Waals surface area contributed by atoms with Gasteiger partial charge in [0.2, 0.25) is 5.88 Å². The number of methoxy groups -OCH3 is 1. The van der Waals surface area contributed by atoms with Crippen molar-refractivity contribution >= 4 is 5.82 Å². The highest BCUT2D eigenvalue weighted by molar-refractivity contribution is 5.45. The van der Waals surface area contributed by atoms with Gasteiger partial charge in [-0.2, -0.15) is 0 Å². The number of piperazine rings is 1. The normalized spacial score (nSPS) is 22.5. The molecule has 0 unspecified atom stereocenters. The highest BCUT2D eigenvalue weighted by Crippen LogP contribution is 2.37. The summed E-state index contributed by atoms with van der Waals surface area (Å²) >= 11 is 0. The number of rotatable bonds is 2. The van der Waals surface area contributed by atoms with Crippen LogP contribution in [0.2, 0.25) is 0 Å². The number of hydrogen-bond acceptors (Lipinski definition) is 5. The molecule has 1 saturated carbocycles. The van der Waals surface area contributed by atoms with Gasteiger partial charge in [-0.3, -0.25) is 0 Å². The fourth-order valence-electron chi connectivity index (χ4n) is 3.45. The van der Waals surface area contributed by atoms with Gasteiger partial charge in [-0.1, -0.05) is 19.3 Å². The molecule has 0 aromatic carbocycles. The number of hydrogen-bond donors (Lipinski definition) is 1. The quantitative estimate of drug-likeness (QED) is 0.877. The standard InChI is InChI=1S/C14H22N4O/c1-19-13-9-12(16-11-17-13)18-8-7-15-10-14(18)5-3-2-4-6-14/h9,11,15H,2-8,10H2,1H3. The van der Waals surface area contributed by atoms with Crippen LogP contribution in [0.5, 0.6) is 5.88 Å². The zero-order valence-electron chi connectivity index (χ0n) is 11.6. The average molecular weight is 262 g/mol. The van der Waals surface area contributed by atoms with E-state index in [-0.39, 0.29) is 5.54 Å². The summed E-state index contributed by atoms with van der Waals surface area (Å²) in [4.78, 5) is 11.1. The minimum absolute atomic E-state index is 0.246. The van der Waals surface area contributed by atoms with Crippen LogP contribution in [0.1, 0.15) is 32.1 Å². The molecule has 2 fully saturated rings. The van der Waals surface area contributed by atoms with E-state index in [1.165, 1.54) is 32.1 Å². The maximum absolute atomic E-state index is 5.23. The first-order chi connectivity index (χ1) is 9.34. The van der Waals surface area contributed by atoms with Crippen molar-refractivity contribution in [2.24, 2.45) is 0 Å². The van der Waals surface area contributed by atoms with E-state index in [0.717, 1.165) is 25.5 Å². The summed E-state index contributed by atoms with van der Waals surface area (Å²) in [7, 11) is 1.65. The second-order valence-corrected chi connectivity index (χ2v) is 5.53. The van der Waals surface area contributed by atoms with Crippen molar-refractivity contribution in [2.45, 2.75) is 37.6 Å². The van der Waals surface area contributed by atoms with Crippen molar-refractivity contribution in [1.29, 1.82) is 0 Å². The van der Waals surface area contributed by atoms with E-state index in [1.54, 1.807) is 13.4 Å². The minimum Gasteiger partial charge on any atom is -0.481 e. The topological polar surface area (TPSA) is 50.3 Å². The summed E-state index contributed by atoms with van der Waals surface area (Å²) in [6.45, 7) is 3.10. The Bertz CT molecular complexity index is 423. The third-order valence-electron chi connectivity index (χ3n) is 4.44. The largest absolute Gasteiger partial charge is 0.481 e. The van der Waals surface area contributed by atoms with Crippen molar-refractivity contribution in [3.05, 3.63) is 12.4 Å². The molecule has 1 aromatic rings. The van der Waals surface area contributed by atoms with E-state index in [9.17, 15) is 0 Å². The van der Waals surface area contributed by atoms with Crippen LogP contribution in [0.4, 0.5) is 5.82 Å². The smallest absolute Gasteiger partial charge is 0.218 e. The van der Waals surface area contributed by atoms with Gasteiger partial charge in [0.1, 0.15) is 12.1 Å². The van der Waals surface area contributed by atoms with Crippen molar-refractivity contribution in [3.8, 4) is 5.88 Å². The summed E-state index contributed by atoms with van der Waals surface area (Å²) in [6.07, 6.45) is 8.12. The molecule has 1 saturated heterocycles. The Labute approximate surface area is 114 Å². The van der Waals surface area contributed by atoms with E-state index in [1.807, 2.05) is 6.07 Å². The van der Waals surface area contributed by atoms with Gasteiger partial charge >= 0.3 is 0 Å². The molecule has 5 nitrogen and oxygen atoms in total. The molecule has 5 heteroatoms. The van der Waals surface area contributed by atoms with Gasteiger partial charge in [0.15, 0.2) is 0 Å². The summed E-state index contributed by atoms with van der Waals surface area (Å²) in [5.41, 5.74) is 0.246. The van der Waals surface area contributed by atoms with E-state index < -0.39 is 0 Å². The SMILES string of the molecule is COc1cc(N2CCNCC23CCCCC3)ncn1. The van der Waals surface area contributed by atoms with Crippen LogP contribution in [0.25, 0.3) is 0 Å². The lowest BCUT2D eigenvalue weighted by atomic mass is 9.79. The van der Waals surface area contributed by atoms with Crippen molar-refractivity contribution in [2.75, 3.05) is 31.6 Å². The predicted octanol–water partition coefficient (Wildman–Crippen LogP) is 1.60. The van der Waals surface area contributed by atoms with E-state index in [0.29, 0.717) is 5.88 Å². The molecule has 1 aliphatic heterocycles. The molecule has 1 aromatic heterocycles. The Kier molecular flexibility index (Phi) is 3.55. The van der Waals surface area contributed by atoms with Crippen LogP contribution in [-0.4, -0.2) is 42.3 Å². The highest BCUT2D eigenvalue weighted by atomic mass is 16.5. The van der Waals surface area contributed by atoms with Gasteiger partial charge in [-0.15, -0.1) is 0 Å². The summed E-state index contributed by atoms with van der Waals surface area (Å²) in [5, 5.41) is 3.56. The molecule has 0 bridgehead atoms. The van der Waals surface area contributed by atoms with Crippen molar-refractivity contribution in [3.63, 3.8) is 0 Å². The van der Waals surface area contributed by atoms with Gasteiger partial charge in [0.25, 0.3) is 0 Å². The van der Waals surface area contributed by atoms with Gasteiger partial charge in [-0.25, -0.2) is 9.97 Å². The average Bonchev–Trinajstić information content (AvgIpc) is 2.49. The van der Waals surface area contributed by atoms with Crippen LogP contribution in [-0.2, 0) is 0 Å². The third kappa shape index (κ3) is 2.39. The van der Waals surface area contributed by atoms with Gasteiger partial charge < -0.3 is 15.0 Å². The number of nitrogens with zero attached hydrogens (tertiary/aromatic N) is 3. The Hall–Kier alpha value is -1.36. The first kappa shape index (κ1) is 12.7. The number of nitrogens with one attached hydrogen (secondary N) is 1. The van der Waals surface area contributed by atoms with Crippen molar-refractivity contribution < 1.29 is 4.74 Å². The molecular formula is C14H22N4O. The van der Waals surface area contributed by atoms with Crippen LogP contribution in [0, 0.1) is 0 Å². The predicted molar refractivity (Wildman–Crippen MR) is 74.6 cm³/mol. The van der Waals surface area contributed by atoms with E-state index in [4.69, 9.17) is 4.74 Å². The minimum atomic E-state index is 0.246. The number of aromatic nitrogens is 2. The fraction of sp³-hybridized carbons (Fsp3) is 0.714. The second-order valence-electron chi connectivity index (χ2n) is 5.53. The first-order valence-electron chi connectivity index (χ1n) is 7.18. The summed E-state index contributed by atoms with van der Waals surface area (Å²) in [6, 6.07) is 1.96. The van der Waals surface area contributed by atoms with E-state index in [2.05, 4.69) is 20.2 Å². The lowest BCUT2D eigenvalue weighted by molar-refractivity contribution is 0.239. The van der Waals surface area contributed by atoms with Gasteiger partial charge in [0, 0.05) is 25.7 Å². The molecule has 0 atom stereocenters. The lowest BCUT2D eigenvalue weighted by Gasteiger charge is -2.50. The highest BCUT2D eigenvalue weighted by Gasteiger charge is 2.40. The molecule has 1 aliphatic carbocycles. The molecule has 0 radical (unpaired) electrons. The Balaban J connectivity index is 1.90. The van der Waals surface area contributed by atoms with E-state index >= 15 is 0 Å². The van der Waals surface area contributed by atoms with Crippen LogP contribution < -0.4 is 15.0 Å². The third-order valence-corrected chi connectivity index (χ3v) is 4.44. The molecular weight excluding hydrogens is 240 g/mol. The first-order valence-corrected chi connectivity index (χ1v) is 7.18. The number of anilines is 1. The van der Waals surface area contributed by atoms with Crippen LogP contribution >= 0.6 is 0 Å². The fourth-order valence-corrected chi connectivity index (χ4v) is 3.45. The van der Waals surface area contributed by atoms with Crippen LogP contribution in [0.15, 0.2) is 12.4 Å². The second kappa shape index (κ2) is 5.33.